The van der Waals surface area contributed by atoms with E-state index in [4.69, 9.17) is 9.47 Å². The van der Waals surface area contributed by atoms with Crippen LogP contribution in [0.1, 0.15) is 51.0 Å². The molecule has 0 bridgehead atoms. The molecule has 1 N–H and O–H groups in total. The Balaban J connectivity index is 2.26. The molecule has 1 aromatic rings. The second-order valence-corrected chi connectivity index (χ2v) is 6.21. The minimum Gasteiger partial charge on any atom is -0.496 e. The Morgan fingerprint density at radius 3 is 2.36 bits per heavy atom. The van der Waals surface area contributed by atoms with Crippen LogP contribution in [0.25, 0.3) is 0 Å². The van der Waals surface area contributed by atoms with Gasteiger partial charge in [-0.1, -0.05) is 25.7 Å². The van der Waals surface area contributed by atoms with Gasteiger partial charge in [-0.25, -0.2) is 0 Å². The normalized spacial score (nSPS) is 17.6. The van der Waals surface area contributed by atoms with E-state index in [9.17, 15) is 18.0 Å². The van der Waals surface area contributed by atoms with Crippen molar-refractivity contribution in [2.45, 2.75) is 57.2 Å². The van der Waals surface area contributed by atoms with Crippen LogP contribution in [0.2, 0.25) is 0 Å². The van der Waals surface area contributed by atoms with Crippen LogP contribution < -0.4 is 10.1 Å². The summed E-state index contributed by atoms with van der Waals surface area (Å²) in [5, 5.41) is 2.61. The summed E-state index contributed by atoms with van der Waals surface area (Å²) in [5.74, 6) is -0.658. The van der Waals surface area contributed by atoms with Crippen molar-refractivity contribution in [1.82, 2.24) is 0 Å². The van der Waals surface area contributed by atoms with Gasteiger partial charge in [0.25, 0.3) is 5.91 Å². The van der Waals surface area contributed by atoms with Crippen LogP contribution >= 0.6 is 0 Å². The lowest BCUT2D eigenvalue weighted by Crippen LogP contribution is -2.45. The molecular formula is C18H24F3NO3. The van der Waals surface area contributed by atoms with Crippen molar-refractivity contribution in [3.63, 3.8) is 0 Å². The molecule has 4 nitrogen and oxygen atoms in total. The Morgan fingerprint density at radius 2 is 1.84 bits per heavy atom. The first kappa shape index (κ1) is 19.6. The summed E-state index contributed by atoms with van der Waals surface area (Å²) in [7, 11) is 1.18. The van der Waals surface area contributed by atoms with Crippen LogP contribution in [0, 0.1) is 0 Å². The summed E-state index contributed by atoms with van der Waals surface area (Å²) in [4.78, 5) is 12.8. The molecule has 1 aliphatic carbocycles. The highest BCUT2D eigenvalue weighted by Crippen LogP contribution is 2.38. The van der Waals surface area contributed by atoms with Crippen molar-refractivity contribution in [2.75, 3.05) is 19.0 Å². The van der Waals surface area contributed by atoms with Crippen molar-refractivity contribution in [3.05, 3.63) is 23.8 Å². The maximum atomic E-state index is 13.1. The Labute approximate surface area is 145 Å². The largest absolute Gasteiger partial charge is 0.496 e. The predicted molar refractivity (Wildman–Crippen MR) is 88.7 cm³/mol. The average molecular weight is 359 g/mol. The maximum Gasteiger partial charge on any atom is 0.420 e. The lowest BCUT2D eigenvalue weighted by atomic mass is 9.92. The van der Waals surface area contributed by atoms with Gasteiger partial charge in [0.15, 0.2) is 0 Å². The fourth-order valence-electron chi connectivity index (χ4n) is 3.27. The van der Waals surface area contributed by atoms with Crippen molar-refractivity contribution >= 4 is 11.6 Å². The first-order valence-electron chi connectivity index (χ1n) is 8.53. The predicted octanol–water partition coefficient (Wildman–Crippen LogP) is 4.78. The van der Waals surface area contributed by atoms with Gasteiger partial charge >= 0.3 is 6.18 Å². The van der Waals surface area contributed by atoms with Crippen LogP contribution in [-0.2, 0) is 15.7 Å². The standard InChI is InChI=1S/C18H24F3NO3/c1-3-25-17(10-6-4-5-7-11-17)16(23)22-13-8-9-15(24-2)14(12-13)18(19,20)21/h8-9,12H,3-7,10-11H2,1-2H3,(H,22,23). The molecule has 0 aliphatic heterocycles. The molecule has 0 unspecified atom stereocenters. The topological polar surface area (TPSA) is 47.6 Å². The molecule has 0 saturated heterocycles. The molecule has 25 heavy (non-hydrogen) atoms. The Hall–Kier alpha value is -1.76. The summed E-state index contributed by atoms with van der Waals surface area (Å²) in [5.41, 5.74) is -1.80. The van der Waals surface area contributed by atoms with E-state index >= 15 is 0 Å². The number of benzene rings is 1. The highest BCUT2D eigenvalue weighted by atomic mass is 19.4. The number of rotatable bonds is 5. The lowest BCUT2D eigenvalue weighted by molar-refractivity contribution is -0.143. The molecule has 1 fully saturated rings. The highest BCUT2D eigenvalue weighted by molar-refractivity contribution is 5.97. The number of anilines is 1. The molecule has 1 aromatic carbocycles. The second kappa shape index (κ2) is 8.08. The highest BCUT2D eigenvalue weighted by Gasteiger charge is 2.40. The zero-order valence-electron chi connectivity index (χ0n) is 14.5. The van der Waals surface area contributed by atoms with Gasteiger partial charge in [-0.3, -0.25) is 4.79 Å². The minimum absolute atomic E-state index is 0.0847. The zero-order valence-corrected chi connectivity index (χ0v) is 14.5. The van der Waals surface area contributed by atoms with Gasteiger partial charge < -0.3 is 14.8 Å². The SMILES string of the molecule is CCOC1(C(=O)Nc2ccc(OC)c(C(F)(F)F)c2)CCCCCC1. The van der Waals surface area contributed by atoms with E-state index in [0.29, 0.717) is 19.4 Å². The third-order valence-corrected chi connectivity index (χ3v) is 4.51. The third kappa shape index (κ3) is 4.66. The molecule has 0 heterocycles. The smallest absolute Gasteiger partial charge is 0.420 e. The average Bonchev–Trinajstić information content (AvgIpc) is 2.81. The van der Waals surface area contributed by atoms with Crippen LogP contribution in [0.4, 0.5) is 18.9 Å². The molecule has 1 amide bonds. The number of carbonyl (C=O) groups is 1. The summed E-state index contributed by atoms with van der Waals surface area (Å²) in [6.45, 7) is 2.19. The zero-order chi connectivity index (χ0) is 18.5. The van der Waals surface area contributed by atoms with E-state index in [1.165, 1.54) is 19.2 Å². The number of ether oxygens (including phenoxy) is 2. The van der Waals surface area contributed by atoms with Crippen LogP contribution in [-0.4, -0.2) is 25.2 Å². The first-order valence-corrected chi connectivity index (χ1v) is 8.53. The number of carbonyl (C=O) groups excluding carboxylic acids is 1. The Kier molecular flexibility index (Phi) is 6.32. The Bertz CT molecular complexity index is 594. The molecule has 0 radical (unpaired) electrons. The fraction of sp³-hybridized carbons (Fsp3) is 0.611. The molecule has 2 rings (SSSR count). The fourth-order valence-corrected chi connectivity index (χ4v) is 3.27. The van der Waals surface area contributed by atoms with E-state index < -0.39 is 17.3 Å². The van der Waals surface area contributed by atoms with Gasteiger partial charge in [-0.15, -0.1) is 0 Å². The summed E-state index contributed by atoms with van der Waals surface area (Å²) in [6, 6.07) is 3.51. The summed E-state index contributed by atoms with van der Waals surface area (Å²) < 4.78 is 50.0. The molecule has 1 saturated carbocycles. The van der Waals surface area contributed by atoms with E-state index in [2.05, 4.69) is 5.32 Å². The van der Waals surface area contributed by atoms with Gasteiger partial charge in [-0.05, 0) is 38.0 Å². The molecular weight excluding hydrogens is 335 g/mol. The van der Waals surface area contributed by atoms with Gasteiger partial charge in [-0.2, -0.15) is 13.2 Å². The molecule has 0 spiro atoms. The van der Waals surface area contributed by atoms with E-state index in [1.54, 1.807) is 0 Å². The molecule has 1 aliphatic rings. The quantitative estimate of drug-likeness (QED) is 0.770. The van der Waals surface area contributed by atoms with Gasteiger partial charge in [0.05, 0.1) is 12.7 Å². The van der Waals surface area contributed by atoms with E-state index in [-0.39, 0.29) is 17.3 Å². The number of hydrogen-bond acceptors (Lipinski definition) is 3. The van der Waals surface area contributed by atoms with E-state index in [0.717, 1.165) is 31.7 Å². The third-order valence-electron chi connectivity index (χ3n) is 4.51. The van der Waals surface area contributed by atoms with Crippen molar-refractivity contribution in [3.8, 4) is 5.75 Å². The maximum absolute atomic E-state index is 13.1. The number of alkyl halides is 3. The first-order chi connectivity index (χ1) is 11.8. The number of amides is 1. The van der Waals surface area contributed by atoms with Crippen molar-refractivity contribution in [2.24, 2.45) is 0 Å². The van der Waals surface area contributed by atoms with Gasteiger partial charge in [0.2, 0.25) is 0 Å². The summed E-state index contributed by atoms with van der Waals surface area (Å²) in [6.07, 6.45) is 0.384. The van der Waals surface area contributed by atoms with Crippen molar-refractivity contribution < 1.29 is 27.4 Å². The van der Waals surface area contributed by atoms with E-state index in [1.807, 2.05) is 6.92 Å². The van der Waals surface area contributed by atoms with Gasteiger partial charge in [0, 0.05) is 12.3 Å². The molecule has 7 heteroatoms. The minimum atomic E-state index is -4.56. The number of methoxy groups -OCH3 is 1. The summed E-state index contributed by atoms with van der Waals surface area (Å²) >= 11 is 0. The number of hydrogen-bond donors (Lipinski definition) is 1. The van der Waals surface area contributed by atoms with Crippen LogP contribution in [0.5, 0.6) is 5.75 Å². The second-order valence-electron chi connectivity index (χ2n) is 6.21. The van der Waals surface area contributed by atoms with Gasteiger partial charge in [0.1, 0.15) is 11.4 Å². The van der Waals surface area contributed by atoms with Crippen LogP contribution in [0.15, 0.2) is 18.2 Å². The lowest BCUT2D eigenvalue weighted by Gasteiger charge is -2.31. The molecule has 140 valence electrons. The molecule has 0 atom stereocenters. The Morgan fingerprint density at radius 1 is 1.20 bits per heavy atom. The monoisotopic (exact) mass is 359 g/mol. The van der Waals surface area contributed by atoms with Crippen molar-refractivity contribution in [1.29, 1.82) is 0 Å². The number of nitrogens with one attached hydrogen (secondary N) is 1. The number of halogens is 3. The molecule has 0 aromatic heterocycles. The van der Waals surface area contributed by atoms with Crippen LogP contribution in [0.3, 0.4) is 0 Å².